The van der Waals surface area contributed by atoms with Gasteiger partial charge in [-0.2, -0.15) is 0 Å². The monoisotopic (exact) mass is 725 g/mol. The SMILES string of the molecule is COc1ccc(S(=O)(=O)N(CC(=O)N(Cc2ccc(Cl)c(Cl)c2)C(Cc2ccccc2)C(=O)NC(C)(C)C)c2ccc(C)cc2)cc1OC. The lowest BCUT2D eigenvalue weighted by atomic mass is 10.0. The maximum atomic E-state index is 14.7. The Kier molecular flexibility index (Phi) is 12.2. The van der Waals surface area contributed by atoms with Gasteiger partial charge in [0.2, 0.25) is 11.8 Å². The highest BCUT2D eigenvalue weighted by Crippen LogP contribution is 2.33. The Morgan fingerprint density at radius 3 is 2.06 bits per heavy atom. The molecular formula is C37H41Cl2N3O6S. The van der Waals surface area contributed by atoms with Gasteiger partial charge in [-0.1, -0.05) is 77.3 Å². The molecule has 0 saturated carbocycles. The molecule has 0 aliphatic rings. The molecular weight excluding hydrogens is 685 g/mol. The Morgan fingerprint density at radius 2 is 1.47 bits per heavy atom. The Hall–Kier alpha value is -4.25. The van der Waals surface area contributed by atoms with E-state index >= 15 is 0 Å². The second kappa shape index (κ2) is 16.0. The summed E-state index contributed by atoms with van der Waals surface area (Å²) in [5.41, 5.74) is 1.98. The Morgan fingerprint density at radius 1 is 0.816 bits per heavy atom. The number of hydrogen-bond donors (Lipinski definition) is 1. The van der Waals surface area contributed by atoms with Crippen molar-refractivity contribution in [3.8, 4) is 11.5 Å². The quantitative estimate of drug-likeness (QED) is 0.158. The van der Waals surface area contributed by atoms with Crippen LogP contribution in [0.25, 0.3) is 0 Å². The van der Waals surface area contributed by atoms with E-state index in [2.05, 4.69) is 5.32 Å². The Labute approximate surface area is 298 Å². The number of ether oxygens (including phenoxy) is 2. The van der Waals surface area contributed by atoms with Gasteiger partial charge in [0, 0.05) is 24.6 Å². The lowest BCUT2D eigenvalue weighted by Crippen LogP contribution is -2.56. The number of hydrogen-bond acceptors (Lipinski definition) is 6. The van der Waals surface area contributed by atoms with Gasteiger partial charge in [0.15, 0.2) is 11.5 Å². The van der Waals surface area contributed by atoms with E-state index in [1.807, 2.05) is 58.0 Å². The van der Waals surface area contributed by atoms with Crippen molar-refractivity contribution in [2.75, 3.05) is 25.1 Å². The third-order valence-corrected chi connectivity index (χ3v) is 10.2. The van der Waals surface area contributed by atoms with Crippen LogP contribution in [0.15, 0.2) is 95.9 Å². The van der Waals surface area contributed by atoms with Gasteiger partial charge in [0.05, 0.1) is 34.8 Å². The zero-order chi connectivity index (χ0) is 35.9. The molecule has 1 atom stereocenters. The predicted octanol–water partition coefficient (Wildman–Crippen LogP) is 7.07. The van der Waals surface area contributed by atoms with Gasteiger partial charge in [0.25, 0.3) is 10.0 Å². The first kappa shape index (κ1) is 37.6. The average molecular weight is 727 g/mol. The molecule has 4 aromatic rings. The molecule has 260 valence electrons. The van der Waals surface area contributed by atoms with E-state index < -0.39 is 40.0 Å². The molecule has 0 aromatic heterocycles. The van der Waals surface area contributed by atoms with Crippen LogP contribution in [-0.4, -0.2) is 57.5 Å². The van der Waals surface area contributed by atoms with Crippen molar-refractivity contribution in [1.82, 2.24) is 10.2 Å². The van der Waals surface area contributed by atoms with Crippen molar-refractivity contribution in [3.63, 3.8) is 0 Å². The molecule has 0 bridgehead atoms. The second-order valence-electron chi connectivity index (χ2n) is 12.6. The predicted molar refractivity (Wildman–Crippen MR) is 194 cm³/mol. The maximum absolute atomic E-state index is 14.7. The standard InChI is InChI=1S/C37H41Cl2N3O6S/c1-25-12-15-28(16-13-25)42(49(45,46)29-17-19-33(47-5)34(22-29)48-6)24-35(43)41(23-27-14-18-30(38)31(39)20-27)32(36(44)40-37(2,3)4)21-26-10-8-7-9-11-26/h7-20,22,32H,21,23-24H2,1-6H3,(H,40,44). The van der Waals surface area contributed by atoms with Crippen LogP contribution in [0.5, 0.6) is 11.5 Å². The van der Waals surface area contributed by atoms with E-state index in [0.29, 0.717) is 16.3 Å². The summed E-state index contributed by atoms with van der Waals surface area (Å²) in [6, 6.07) is 24.3. The maximum Gasteiger partial charge on any atom is 0.264 e. The van der Waals surface area contributed by atoms with E-state index in [0.717, 1.165) is 15.4 Å². The first-order chi connectivity index (χ1) is 23.1. The van der Waals surface area contributed by atoms with Gasteiger partial charge < -0.3 is 19.7 Å². The van der Waals surface area contributed by atoms with Gasteiger partial charge in [0.1, 0.15) is 12.6 Å². The highest BCUT2D eigenvalue weighted by molar-refractivity contribution is 7.92. The number of sulfonamides is 1. The number of aryl methyl sites for hydroxylation is 1. The molecule has 4 rings (SSSR count). The number of carbonyl (C=O) groups excluding carboxylic acids is 2. The summed E-state index contributed by atoms with van der Waals surface area (Å²) in [6.07, 6.45) is 0.169. The highest BCUT2D eigenvalue weighted by atomic mass is 35.5. The minimum Gasteiger partial charge on any atom is -0.493 e. The molecule has 49 heavy (non-hydrogen) atoms. The topological polar surface area (TPSA) is 105 Å². The van der Waals surface area contributed by atoms with Crippen molar-refractivity contribution in [2.24, 2.45) is 0 Å². The van der Waals surface area contributed by atoms with Gasteiger partial charge in [-0.25, -0.2) is 8.42 Å². The fourth-order valence-corrected chi connectivity index (χ4v) is 6.94. The van der Waals surface area contributed by atoms with Crippen molar-refractivity contribution in [3.05, 3.63) is 118 Å². The van der Waals surface area contributed by atoms with E-state index in [-0.39, 0.29) is 34.3 Å². The van der Waals surface area contributed by atoms with E-state index in [4.69, 9.17) is 32.7 Å². The molecule has 0 radical (unpaired) electrons. The minimum atomic E-state index is -4.36. The number of benzene rings is 4. The molecule has 1 N–H and O–H groups in total. The van der Waals surface area contributed by atoms with Crippen LogP contribution < -0.4 is 19.1 Å². The number of rotatable bonds is 13. The summed E-state index contributed by atoms with van der Waals surface area (Å²) in [7, 11) is -1.50. The normalized spacial score (nSPS) is 12.2. The summed E-state index contributed by atoms with van der Waals surface area (Å²) in [5.74, 6) is -0.447. The van der Waals surface area contributed by atoms with Crippen LogP contribution in [0.3, 0.4) is 0 Å². The summed E-state index contributed by atoms with van der Waals surface area (Å²) >= 11 is 12.6. The van der Waals surface area contributed by atoms with Crippen LogP contribution in [0.1, 0.15) is 37.5 Å². The molecule has 1 unspecified atom stereocenters. The molecule has 9 nitrogen and oxygen atoms in total. The summed E-state index contributed by atoms with van der Waals surface area (Å²) in [5, 5.41) is 3.63. The molecule has 4 aromatic carbocycles. The van der Waals surface area contributed by atoms with E-state index in [1.54, 1.807) is 42.5 Å². The molecule has 2 amide bonds. The van der Waals surface area contributed by atoms with Crippen LogP contribution in [0, 0.1) is 6.92 Å². The zero-order valence-corrected chi connectivity index (χ0v) is 30.7. The summed E-state index contributed by atoms with van der Waals surface area (Å²) in [4.78, 5) is 30.0. The molecule has 0 saturated heterocycles. The number of nitrogens with zero attached hydrogens (tertiary/aromatic N) is 2. The van der Waals surface area contributed by atoms with Crippen molar-refractivity contribution < 1.29 is 27.5 Å². The summed E-state index contributed by atoms with van der Waals surface area (Å²) < 4.78 is 40.6. The smallest absolute Gasteiger partial charge is 0.264 e. The van der Waals surface area contributed by atoms with Crippen LogP contribution in [-0.2, 0) is 32.6 Å². The molecule has 12 heteroatoms. The van der Waals surface area contributed by atoms with Gasteiger partial charge in [-0.15, -0.1) is 0 Å². The third kappa shape index (κ3) is 9.68. The van der Waals surface area contributed by atoms with Crippen molar-refractivity contribution >= 4 is 50.7 Å². The molecule has 0 aliphatic carbocycles. The first-order valence-corrected chi connectivity index (χ1v) is 17.7. The molecule has 0 heterocycles. The van der Waals surface area contributed by atoms with Gasteiger partial charge in [-0.3, -0.25) is 13.9 Å². The lowest BCUT2D eigenvalue weighted by Gasteiger charge is -2.35. The van der Waals surface area contributed by atoms with Crippen LogP contribution in [0.2, 0.25) is 10.0 Å². The molecule has 0 fully saturated rings. The second-order valence-corrected chi connectivity index (χ2v) is 15.3. The number of methoxy groups -OCH3 is 2. The fourth-order valence-electron chi connectivity index (χ4n) is 5.19. The Balaban J connectivity index is 1.85. The van der Waals surface area contributed by atoms with Gasteiger partial charge in [-0.05, 0) is 75.2 Å². The molecule has 0 aliphatic heterocycles. The van der Waals surface area contributed by atoms with Gasteiger partial charge >= 0.3 is 0 Å². The number of amides is 2. The minimum absolute atomic E-state index is 0.0526. The fraction of sp³-hybridized carbons (Fsp3) is 0.297. The largest absolute Gasteiger partial charge is 0.493 e. The number of carbonyl (C=O) groups is 2. The summed E-state index contributed by atoms with van der Waals surface area (Å²) in [6.45, 7) is 6.76. The van der Waals surface area contributed by atoms with Crippen LogP contribution >= 0.6 is 23.2 Å². The third-order valence-electron chi connectivity index (χ3n) is 7.65. The van der Waals surface area contributed by atoms with Crippen molar-refractivity contribution in [1.29, 1.82) is 0 Å². The zero-order valence-electron chi connectivity index (χ0n) is 28.4. The van der Waals surface area contributed by atoms with Crippen molar-refractivity contribution in [2.45, 2.75) is 57.1 Å². The Bertz CT molecular complexity index is 1880. The number of nitrogens with one attached hydrogen (secondary N) is 1. The number of halogens is 2. The lowest BCUT2D eigenvalue weighted by molar-refractivity contribution is -0.140. The number of anilines is 1. The first-order valence-electron chi connectivity index (χ1n) is 15.5. The average Bonchev–Trinajstić information content (AvgIpc) is 3.06. The van der Waals surface area contributed by atoms with E-state index in [9.17, 15) is 18.0 Å². The highest BCUT2D eigenvalue weighted by Gasteiger charge is 2.36. The van der Waals surface area contributed by atoms with E-state index in [1.165, 1.54) is 37.3 Å². The van der Waals surface area contributed by atoms with Crippen LogP contribution in [0.4, 0.5) is 5.69 Å². The molecule has 0 spiro atoms.